The van der Waals surface area contributed by atoms with E-state index in [4.69, 9.17) is 14.2 Å². The molecule has 0 radical (unpaired) electrons. The average molecular weight is 958 g/mol. The van der Waals surface area contributed by atoms with Gasteiger partial charge in [-0.15, -0.1) is 0 Å². The van der Waals surface area contributed by atoms with Crippen molar-refractivity contribution in [1.82, 2.24) is 0 Å². The fourth-order valence-electron chi connectivity index (χ4n) is 9.09. The van der Waals surface area contributed by atoms with Crippen LogP contribution in [-0.4, -0.2) is 37.2 Å². The molecule has 0 aliphatic heterocycles. The van der Waals surface area contributed by atoms with Crippen molar-refractivity contribution in [1.29, 1.82) is 0 Å². The molecule has 1 atom stereocenters. The minimum atomic E-state index is -0.773. The third kappa shape index (κ3) is 54.8. The van der Waals surface area contributed by atoms with E-state index >= 15 is 0 Å². The Kier molecular flexibility index (Phi) is 55.7. The molecule has 400 valence electrons. The normalized spacial score (nSPS) is 12.1. The zero-order valence-corrected chi connectivity index (χ0v) is 45.9. The number of carbonyl (C=O) groups excluding carboxylic acids is 3. The van der Waals surface area contributed by atoms with Gasteiger partial charge < -0.3 is 14.2 Å². The van der Waals surface area contributed by atoms with Crippen LogP contribution in [0, 0.1) is 0 Å². The van der Waals surface area contributed by atoms with Gasteiger partial charge in [-0.2, -0.15) is 0 Å². The van der Waals surface area contributed by atoms with E-state index in [0.29, 0.717) is 19.3 Å². The molecule has 0 saturated carbocycles. The summed E-state index contributed by atoms with van der Waals surface area (Å²) < 4.78 is 16.9. The second kappa shape index (κ2) is 57.5. The van der Waals surface area contributed by atoms with Crippen molar-refractivity contribution < 1.29 is 28.6 Å². The Morgan fingerprint density at radius 1 is 0.279 bits per heavy atom. The molecule has 0 rings (SSSR count). The van der Waals surface area contributed by atoms with Crippen LogP contribution in [0.25, 0.3) is 0 Å². The molecule has 0 bridgehead atoms. The number of ether oxygens (including phenoxy) is 3. The lowest BCUT2D eigenvalue weighted by molar-refractivity contribution is -0.167. The van der Waals surface area contributed by atoms with Gasteiger partial charge in [0.2, 0.25) is 0 Å². The average Bonchev–Trinajstić information content (AvgIpc) is 3.34. The van der Waals surface area contributed by atoms with Gasteiger partial charge >= 0.3 is 17.9 Å². The molecular formula is C62H116O6. The molecule has 0 fully saturated rings. The summed E-state index contributed by atoms with van der Waals surface area (Å²) in [6.45, 7) is 6.62. The maximum atomic E-state index is 12.8. The van der Waals surface area contributed by atoms with Crippen LogP contribution in [0.15, 0.2) is 24.3 Å². The van der Waals surface area contributed by atoms with Crippen LogP contribution in [0.2, 0.25) is 0 Å². The maximum absolute atomic E-state index is 12.8. The number of esters is 3. The monoisotopic (exact) mass is 957 g/mol. The van der Waals surface area contributed by atoms with Crippen LogP contribution in [-0.2, 0) is 28.6 Å². The van der Waals surface area contributed by atoms with Gasteiger partial charge in [-0.05, 0) is 64.2 Å². The van der Waals surface area contributed by atoms with Crippen LogP contribution < -0.4 is 0 Å². The van der Waals surface area contributed by atoms with Crippen LogP contribution >= 0.6 is 0 Å². The Labute approximate surface area is 423 Å². The molecule has 68 heavy (non-hydrogen) atoms. The topological polar surface area (TPSA) is 78.9 Å². The third-order valence-electron chi connectivity index (χ3n) is 13.7. The van der Waals surface area contributed by atoms with Crippen molar-refractivity contribution >= 4 is 17.9 Å². The lowest BCUT2D eigenvalue weighted by atomic mass is 10.0. The van der Waals surface area contributed by atoms with Crippen molar-refractivity contribution in [2.45, 2.75) is 341 Å². The minimum Gasteiger partial charge on any atom is -0.462 e. The minimum absolute atomic E-state index is 0.0713. The molecule has 0 aromatic heterocycles. The van der Waals surface area contributed by atoms with E-state index in [9.17, 15) is 14.4 Å². The SMILES string of the molecule is CCC/C=C\CCCCCCCC(=O)OCC(COC(=O)CCCCCCCCCCCCCCCCCCCCCCCCC)OC(=O)CCCCCCCCC/C=C\CCCCCCCC. The van der Waals surface area contributed by atoms with Crippen molar-refractivity contribution in [3.05, 3.63) is 24.3 Å². The Morgan fingerprint density at radius 3 is 0.794 bits per heavy atom. The van der Waals surface area contributed by atoms with Crippen LogP contribution in [0.1, 0.15) is 335 Å². The summed E-state index contributed by atoms with van der Waals surface area (Å²) in [5, 5.41) is 0. The lowest BCUT2D eigenvalue weighted by Crippen LogP contribution is -2.30. The van der Waals surface area contributed by atoms with Gasteiger partial charge in [-0.25, -0.2) is 0 Å². The summed E-state index contributed by atoms with van der Waals surface area (Å²) in [6.07, 6.45) is 67.6. The summed E-state index contributed by atoms with van der Waals surface area (Å²) in [5.74, 6) is -0.866. The maximum Gasteiger partial charge on any atom is 0.306 e. The number of carbonyl (C=O) groups is 3. The molecule has 0 aromatic rings. The lowest BCUT2D eigenvalue weighted by Gasteiger charge is -2.18. The van der Waals surface area contributed by atoms with Crippen LogP contribution in [0.5, 0.6) is 0 Å². The standard InChI is InChI=1S/C62H116O6/c1-4-7-10-13-16-19-22-24-26-28-29-30-31-32-33-35-36-38-40-43-46-49-52-55-61(64)67-58-59(57-66-60(63)54-51-48-45-42-21-18-15-12-9-6-3)68-62(65)56-53-50-47-44-41-39-37-34-27-25-23-20-17-14-11-8-5-2/h12,15,25,27,59H,4-11,13-14,16-24,26,28-58H2,1-3H3/b15-12-,27-25-. The van der Waals surface area contributed by atoms with Crippen molar-refractivity contribution in [2.75, 3.05) is 13.2 Å². The van der Waals surface area contributed by atoms with Gasteiger partial charge in [0, 0.05) is 19.3 Å². The molecule has 0 spiro atoms. The first kappa shape index (κ1) is 65.9. The number of rotatable bonds is 56. The van der Waals surface area contributed by atoms with E-state index < -0.39 is 6.10 Å². The first-order valence-corrected chi connectivity index (χ1v) is 30.3. The second-order valence-electron chi connectivity index (χ2n) is 20.6. The Bertz CT molecular complexity index is 1100. The van der Waals surface area contributed by atoms with Crippen molar-refractivity contribution in [2.24, 2.45) is 0 Å². The van der Waals surface area contributed by atoms with Gasteiger partial charge in [-0.3, -0.25) is 14.4 Å². The zero-order valence-electron chi connectivity index (χ0n) is 45.9. The largest absolute Gasteiger partial charge is 0.462 e. The predicted octanol–water partition coefficient (Wildman–Crippen LogP) is 20.3. The highest BCUT2D eigenvalue weighted by Crippen LogP contribution is 2.17. The molecule has 0 saturated heterocycles. The van der Waals surface area contributed by atoms with Crippen LogP contribution in [0.3, 0.4) is 0 Å². The fourth-order valence-corrected chi connectivity index (χ4v) is 9.09. The molecule has 0 N–H and O–H groups in total. The smallest absolute Gasteiger partial charge is 0.306 e. The summed E-state index contributed by atoms with van der Waals surface area (Å²) >= 11 is 0. The Hall–Kier alpha value is -2.11. The molecule has 1 unspecified atom stereocenters. The number of hydrogen-bond donors (Lipinski definition) is 0. The Morgan fingerprint density at radius 2 is 0.515 bits per heavy atom. The summed E-state index contributed by atoms with van der Waals surface area (Å²) in [7, 11) is 0. The Balaban J connectivity index is 4.20. The van der Waals surface area contributed by atoms with E-state index in [-0.39, 0.29) is 31.1 Å². The van der Waals surface area contributed by atoms with Gasteiger partial charge in [0.15, 0.2) is 6.10 Å². The van der Waals surface area contributed by atoms with E-state index in [0.717, 1.165) is 70.6 Å². The van der Waals surface area contributed by atoms with Gasteiger partial charge in [0.25, 0.3) is 0 Å². The molecule has 6 nitrogen and oxygen atoms in total. The highest BCUT2D eigenvalue weighted by molar-refractivity contribution is 5.71. The number of allylic oxidation sites excluding steroid dienone is 4. The highest BCUT2D eigenvalue weighted by atomic mass is 16.6. The molecule has 0 aromatic carbocycles. The van der Waals surface area contributed by atoms with Crippen molar-refractivity contribution in [3.63, 3.8) is 0 Å². The molecule has 0 aliphatic rings. The fraction of sp³-hybridized carbons (Fsp3) is 0.887. The first-order valence-electron chi connectivity index (χ1n) is 30.3. The quantitative estimate of drug-likeness (QED) is 0.0262. The van der Waals surface area contributed by atoms with Crippen molar-refractivity contribution in [3.8, 4) is 0 Å². The molecule has 0 amide bonds. The molecule has 0 aliphatic carbocycles. The van der Waals surface area contributed by atoms with E-state index in [1.807, 2.05) is 0 Å². The van der Waals surface area contributed by atoms with E-state index in [2.05, 4.69) is 45.1 Å². The van der Waals surface area contributed by atoms with E-state index in [1.54, 1.807) is 0 Å². The highest BCUT2D eigenvalue weighted by Gasteiger charge is 2.19. The zero-order chi connectivity index (χ0) is 49.3. The molecule has 0 heterocycles. The number of unbranched alkanes of at least 4 members (excludes halogenated alkanes) is 41. The van der Waals surface area contributed by atoms with E-state index in [1.165, 1.54) is 225 Å². The number of hydrogen-bond acceptors (Lipinski definition) is 6. The summed E-state index contributed by atoms with van der Waals surface area (Å²) in [5.41, 5.74) is 0. The predicted molar refractivity (Wildman–Crippen MR) is 293 cm³/mol. The van der Waals surface area contributed by atoms with Gasteiger partial charge in [0.05, 0.1) is 0 Å². The summed E-state index contributed by atoms with van der Waals surface area (Å²) in [4.78, 5) is 38.1. The van der Waals surface area contributed by atoms with Gasteiger partial charge in [-0.1, -0.05) is 276 Å². The van der Waals surface area contributed by atoms with Gasteiger partial charge in [0.1, 0.15) is 13.2 Å². The molecule has 6 heteroatoms. The summed E-state index contributed by atoms with van der Waals surface area (Å²) in [6, 6.07) is 0. The molecular weight excluding hydrogens is 841 g/mol. The third-order valence-corrected chi connectivity index (χ3v) is 13.7. The van der Waals surface area contributed by atoms with Crippen LogP contribution in [0.4, 0.5) is 0 Å². The second-order valence-corrected chi connectivity index (χ2v) is 20.6. The first-order chi connectivity index (χ1) is 33.5.